The molecule has 1 fully saturated rings. The van der Waals surface area contributed by atoms with Crippen molar-refractivity contribution in [3.63, 3.8) is 0 Å². The fourth-order valence-corrected chi connectivity index (χ4v) is 3.84. The number of H-pyrrole nitrogens is 1. The minimum Gasteiger partial charge on any atom is -0.339 e. The number of nitrogens with zero attached hydrogens (tertiary/aromatic N) is 3. The van der Waals surface area contributed by atoms with E-state index in [4.69, 9.17) is 12.2 Å². The first-order chi connectivity index (χ1) is 11.2. The summed E-state index contributed by atoms with van der Waals surface area (Å²) in [4.78, 5) is 14.2. The number of carbonyl (C=O) groups excluding carboxylic acids is 1. The van der Waals surface area contributed by atoms with Gasteiger partial charge in [-0.25, -0.2) is 0 Å². The smallest absolute Gasteiger partial charge is 0.246 e. The van der Waals surface area contributed by atoms with Gasteiger partial charge in [-0.1, -0.05) is 0 Å². The zero-order valence-corrected chi connectivity index (χ0v) is 14.7. The molecule has 3 rings (SSSR count). The zero-order chi connectivity index (χ0) is 16.2. The first kappa shape index (κ1) is 16.1. The van der Waals surface area contributed by atoms with Gasteiger partial charge in [-0.3, -0.25) is 9.89 Å². The highest BCUT2D eigenvalue weighted by molar-refractivity contribution is 7.71. The van der Waals surface area contributed by atoms with Gasteiger partial charge < -0.3 is 9.47 Å². The number of rotatable bonds is 4. The van der Waals surface area contributed by atoms with Gasteiger partial charge in [0.2, 0.25) is 5.91 Å². The lowest BCUT2D eigenvalue weighted by molar-refractivity contribution is -0.127. The predicted molar refractivity (Wildman–Crippen MR) is 95.0 cm³/mol. The molecule has 1 aliphatic rings. The van der Waals surface area contributed by atoms with Gasteiger partial charge in [-0.15, -0.1) is 0 Å². The third kappa shape index (κ3) is 3.61. The summed E-state index contributed by atoms with van der Waals surface area (Å²) < 4.78 is 2.73. The highest BCUT2D eigenvalue weighted by Crippen LogP contribution is 2.27. The standard InChI is InChI=1S/C16H20N4OS2/c1-2-20-15(17-18-16(20)22)13-5-8-19(9-6-13)14(21)4-3-12-7-10-23-11-12/h3-4,7,10-11,13H,2,5-6,8-9H2,1H3,(H,18,22). The maximum Gasteiger partial charge on any atom is 0.246 e. The largest absolute Gasteiger partial charge is 0.339 e. The number of nitrogens with one attached hydrogen (secondary N) is 1. The van der Waals surface area contributed by atoms with Crippen LogP contribution in [-0.2, 0) is 11.3 Å². The minimum absolute atomic E-state index is 0.0870. The van der Waals surface area contributed by atoms with E-state index in [9.17, 15) is 4.79 Å². The van der Waals surface area contributed by atoms with Crippen LogP contribution in [0.2, 0.25) is 0 Å². The second kappa shape index (κ2) is 7.23. The van der Waals surface area contributed by atoms with Gasteiger partial charge in [0.25, 0.3) is 0 Å². The van der Waals surface area contributed by atoms with E-state index in [1.165, 1.54) is 0 Å². The summed E-state index contributed by atoms with van der Waals surface area (Å²) in [7, 11) is 0. The maximum absolute atomic E-state index is 12.3. The Kier molecular flexibility index (Phi) is 5.07. The number of piperidine rings is 1. The Labute approximate surface area is 144 Å². The Hall–Kier alpha value is -1.73. The molecule has 0 aliphatic carbocycles. The second-order valence-electron chi connectivity index (χ2n) is 5.62. The topological polar surface area (TPSA) is 53.9 Å². The molecule has 122 valence electrons. The summed E-state index contributed by atoms with van der Waals surface area (Å²) in [5.41, 5.74) is 1.08. The van der Waals surface area contributed by atoms with Crippen molar-refractivity contribution >= 4 is 35.5 Å². The molecule has 7 heteroatoms. The van der Waals surface area contributed by atoms with E-state index < -0.39 is 0 Å². The number of carbonyl (C=O) groups is 1. The van der Waals surface area contributed by atoms with Crippen molar-refractivity contribution < 1.29 is 4.79 Å². The van der Waals surface area contributed by atoms with Crippen LogP contribution in [0, 0.1) is 4.77 Å². The average Bonchev–Trinajstić information content (AvgIpc) is 3.22. The Balaban J connectivity index is 1.60. The fourth-order valence-electron chi connectivity index (χ4n) is 2.95. The summed E-state index contributed by atoms with van der Waals surface area (Å²) in [5, 5.41) is 11.3. The van der Waals surface area contributed by atoms with Gasteiger partial charge >= 0.3 is 0 Å². The number of hydrogen-bond acceptors (Lipinski definition) is 4. The van der Waals surface area contributed by atoms with Crippen molar-refractivity contribution in [1.82, 2.24) is 19.7 Å². The Morgan fingerprint density at radius 3 is 2.96 bits per heavy atom. The molecule has 0 radical (unpaired) electrons. The zero-order valence-electron chi connectivity index (χ0n) is 13.1. The van der Waals surface area contributed by atoms with Crippen LogP contribution in [0.15, 0.2) is 22.9 Å². The SMILES string of the molecule is CCn1c(C2CCN(C(=O)C=Cc3ccsc3)CC2)n[nH]c1=S. The minimum atomic E-state index is 0.0870. The molecule has 0 bridgehead atoms. The van der Waals surface area contributed by atoms with Crippen LogP contribution >= 0.6 is 23.6 Å². The first-order valence-corrected chi connectivity index (χ1v) is 9.18. The van der Waals surface area contributed by atoms with Crippen molar-refractivity contribution in [2.45, 2.75) is 32.2 Å². The molecule has 0 aromatic carbocycles. The lowest BCUT2D eigenvalue weighted by atomic mass is 9.96. The fraction of sp³-hybridized carbons (Fsp3) is 0.438. The van der Waals surface area contributed by atoms with Gasteiger partial charge in [0.15, 0.2) is 4.77 Å². The van der Waals surface area contributed by atoms with E-state index in [-0.39, 0.29) is 5.91 Å². The van der Waals surface area contributed by atoms with Crippen molar-refractivity contribution in [3.05, 3.63) is 39.1 Å². The monoisotopic (exact) mass is 348 g/mol. The summed E-state index contributed by atoms with van der Waals surface area (Å²) >= 11 is 6.88. The summed E-state index contributed by atoms with van der Waals surface area (Å²) in [6.07, 6.45) is 5.41. The highest BCUT2D eigenvalue weighted by atomic mass is 32.1. The van der Waals surface area contributed by atoms with Crippen molar-refractivity contribution in [1.29, 1.82) is 0 Å². The van der Waals surface area contributed by atoms with E-state index >= 15 is 0 Å². The lowest BCUT2D eigenvalue weighted by Crippen LogP contribution is -2.37. The van der Waals surface area contributed by atoms with E-state index in [1.807, 2.05) is 32.4 Å². The van der Waals surface area contributed by atoms with Gasteiger partial charge in [0, 0.05) is 31.6 Å². The molecule has 0 spiro atoms. The first-order valence-electron chi connectivity index (χ1n) is 7.83. The van der Waals surface area contributed by atoms with Gasteiger partial charge in [-0.05, 0) is 60.4 Å². The van der Waals surface area contributed by atoms with Crippen LogP contribution in [0.5, 0.6) is 0 Å². The second-order valence-corrected chi connectivity index (χ2v) is 6.79. The van der Waals surface area contributed by atoms with E-state index in [2.05, 4.69) is 17.1 Å². The van der Waals surface area contributed by atoms with Crippen LogP contribution in [0.3, 0.4) is 0 Å². The summed E-state index contributed by atoms with van der Waals surface area (Å²) in [5.74, 6) is 1.48. The molecule has 3 heterocycles. The molecule has 0 unspecified atom stereocenters. The van der Waals surface area contributed by atoms with Crippen molar-refractivity contribution in [2.24, 2.45) is 0 Å². The van der Waals surface area contributed by atoms with Gasteiger partial charge in [-0.2, -0.15) is 16.4 Å². The summed E-state index contributed by atoms with van der Waals surface area (Å²) in [6.45, 7) is 4.43. The molecule has 0 saturated carbocycles. The molecule has 23 heavy (non-hydrogen) atoms. The molecule has 2 aromatic heterocycles. The van der Waals surface area contributed by atoms with Gasteiger partial charge in [0.1, 0.15) is 5.82 Å². The molecule has 5 nitrogen and oxygen atoms in total. The number of aromatic nitrogens is 3. The Morgan fingerprint density at radius 1 is 1.52 bits per heavy atom. The van der Waals surface area contributed by atoms with Gasteiger partial charge in [0.05, 0.1) is 0 Å². The van der Waals surface area contributed by atoms with Crippen molar-refractivity contribution in [2.75, 3.05) is 13.1 Å². The van der Waals surface area contributed by atoms with Crippen molar-refractivity contribution in [3.8, 4) is 0 Å². The van der Waals surface area contributed by atoms with E-state index in [1.54, 1.807) is 17.4 Å². The number of aromatic amines is 1. The Morgan fingerprint density at radius 2 is 2.30 bits per heavy atom. The van der Waals surface area contributed by atoms with Crippen LogP contribution in [0.25, 0.3) is 6.08 Å². The maximum atomic E-state index is 12.3. The third-order valence-corrected chi connectivity index (χ3v) is 5.25. The van der Waals surface area contributed by atoms with Crippen LogP contribution in [0.4, 0.5) is 0 Å². The summed E-state index contributed by atoms with van der Waals surface area (Å²) in [6, 6.07) is 2.01. The molecule has 2 aromatic rings. The normalized spacial score (nSPS) is 16.3. The Bertz CT molecular complexity index is 736. The third-order valence-electron chi connectivity index (χ3n) is 4.24. The quantitative estimate of drug-likeness (QED) is 0.680. The van der Waals surface area contributed by atoms with E-state index in [0.717, 1.165) is 43.9 Å². The van der Waals surface area contributed by atoms with Crippen LogP contribution < -0.4 is 0 Å². The number of hydrogen-bond donors (Lipinski definition) is 1. The molecular weight excluding hydrogens is 328 g/mol. The lowest BCUT2D eigenvalue weighted by Gasteiger charge is -2.30. The molecule has 1 N–H and O–H groups in total. The predicted octanol–water partition coefficient (Wildman–Crippen LogP) is 3.44. The van der Waals surface area contributed by atoms with E-state index in [0.29, 0.717) is 10.7 Å². The molecular formula is C16H20N4OS2. The highest BCUT2D eigenvalue weighted by Gasteiger charge is 2.26. The molecule has 1 saturated heterocycles. The van der Waals surface area contributed by atoms with Crippen LogP contribution in [-0.4, -0.2) is 38.7 Å². The number of thiophene rings is 1. The average molecular weight is 348 g/mol. The molecule has 1 aliphatic heterocycles. The molecule has 1 amide bonds. The number of likely N-dealkylation sites (tertiary alicyclic amines) is 1. The van der Waals surface area contributed by atoms with Crippen LogP contribution in [0.1, 0.15) is 37.1 Å². The number of amides is 1. The molecule has 0 atom stereocenters.